The van der Waals surface area contributed by atoms with Crippen LogP contribution in [0.5, 0.6) is 11.5 Å². The molecular formula is C17H20N2O. The summed E-state index contributed by atoms with van der Waals surface area (Å²) in [6.45, 7) is 4.55. The van der Waals surface area contributed by atoms with Crippen LogP contribution in [0.3, 0.4) is 0 Å². The van der Waals surface area contributed by atoms with E-state index in [1.54, 1.807) is 6.08 Å². The monoisotopic (exact) mass is 268 g/mol. The summed E-state index contributed by atoms with van der Waals surface area (Å²) in [5.74, 6) is 1.50. The van der Waals surface area contributed by atoms with Crippen LogP contribution in [0.2, 0.25) is 0 Å². The summed E-state index contributed by atoms with van der Waals surface area (Å²) in [6.07, 6.45) is 1.76. The average Bonchev–Trinajstić information content (AvgIpc) is 2.42. The third-order valence-corrected chi connectivity index (χ3v) is 2.95. The highest BCUT2D eigenvalue weighted by atomic mass is 16.5. The van der Waals surface area contributed by atoms with Gasteiger partial charge in [-0.1, -0.05) is 36.9 Å². The Morgan fingerprint density at radius 3 is 2.55 bits per heavy atom. The molecule has 20 heavy (non-hydrogen) atoms. The van der Waals surface area contributed by atoms with Gasteiger partial charge in [-0.15, -0.1) is 0 Å². The molecule has 2 rings (SSSR count). The molecule has 0 bridgehead atoms. The molecule has 104 valence electrons. The molecular weight excluding hydrogens is 248 g/mol. The molecule has 0 saturated heterocycles. The van der Waals surface area contributed by atoms with Crippen LogP contribution < -0.4 is 10.5 Å². The highest BCUT2D eigenvalue weighted by Crippen LogP contribution is 2.31. The zero-order valence-corrected chi connectivity index (χ0v) is 12.0. The quantitative estimate of drug-likeness (QED) is 0.839. The Balaban J connectivity index is 2.28. The highest BCUT2D eigenvalue weighted by molar-refractivity contribution is 5.62. The third kappa shape index (κ3) is 3.39. The molecule has 0 aromatic heterocycles. The van der Waals surface area contributed by atoms with Gasteiger partial charge in [-0.05, 0) is 37.9 Å². The molecule has 0 aliphatic rings. The van der Waals surface area contributed by atoms with E-state index in [4.69, 9.17) is 10.5 Å². The van der Waals surface area contributed by atoms with Gasteiger partial charge < -0.3 is 15.4 Å². The molecule has 0 heterocycles. The second kappa shape index (κ2) is 6.26. The molecule has 0 fully saturated rings. The number of benzene rings is 2. The number of ether oxygens (including phenoxy) is 1. The molecule has 0 amide bonds. The molecule has 3 heteroatoms. The van der Waals surface area contributed by atoms with Crippen molar-refractivity contribution in [3.63, 3.8) is 0 Å². The van der Waals surface area contributed by atoms with Crippen molar-refractivity contribution in [1.29, 1.82) is 0 Å². The van der Waals surface area contributed by atoms with E-state index in [1.165, 1.54) is 0 Å². The van der Waals surface area contributed by atoms with Crippen LogP contribution in [0.25, 0.3) is 6.08 Å². The van der Waals surface area contributed by atoms with E-state index in [0.717, 1.165) is 23.4 Å². The molecule has 0 saturated carbocycles. The van der Waals surface area contributed by atoms with E-state index >= 15 is 0 Å². The zero-order valence-electron chi connectivity index (χ0n) is 12.0. The van der Waals surface area contributed by atoms with E-state index < -0.39 is 0 Å². The highest BCUT2D eigenvalue weighted by Gasteiger charge is 2.07. The summed E-state index contributed by atoms with van der Waals surface area (Å²) in [6, 6.07) is 13.7. The van der Waals surface area contributed by atoms with Crippen molar-refractivity contribution >= 4 is 11.8 Å². The number of nitrogens with zero attached hydrogens (tertiary/aromatic N) is 1. The number of nitrogen functional groups attached to an aromatic ring is 1. The molecule has 2 N–H and O–H groups in total. The summed E-state index contributed by atoms with van der Waals surface area (Å²) in [5, 5.41) is 0. The normalized spacial score (nSPS) is 10.6. The van der Waals surface area contributed by atoms with Crippen molar-refractivity contribution in [2.75, 3.05) is 19.8 Å². The van der Waals surface area contributed by atoms with Gasteiger partial charge in [0.15, 0.2) is 0 Å². The van der Waals surface area contributed by atoms with Crippen LogP contribution in [0, 0.1) is 0 Å². The van der Waals surface area contributed by atoms with Crippen molar-refractivity contribution in [2.24, 2.45) is 0 Å². The lowest BCUT2D eigenvalue weighted by molar-refractivity contribution is 0.389. The van der Waals surface area contributed by atoms with Gasteiger partial charge in [-0.2, -0.15) is 0 Å². The maximum atomic E-state index is 6.01. The minimum Gasteiger partial charge on any atom is -0.455 e. The van der Waals surface area contributed by atoms with Gasteiger partial charge in [0.05, 0.1) is 5.69 Å². The summed E-state index contributed by atoms with van der Waals surface area (Å²) in [4.78, 5) is 2.10. The summed E-state index contributed by atoms with van der Waals surface area (Å²) in [5.41, 5.74) is 8.74. The molecule has 0 unspecified atom stereocenters. The van der Waals surface area contributed by atoms with Crippen molar-refractivity contribution in [2.45, 2.75) is 6.54 Å². The molecule has 0 aliphatic heterocycles. The third-order valence-electron chi connectivity index (χ3n) is 2.95. The first kappa shape index (κ1) is 14.2. The molecule has 0 spiro atoms. The Morgan fingerprint density at radius 2 is 1.90 bits per heavy atom. The van der Waals surface area contributed by atoms with Crippen molar-refractivity contribution in [3.05, 3.63) is 60.2 Å². The fourth-order valence-electron chi connectivity index (χ4n) is 1.98. The van der Waals surface area contributed by atoms with Crippen molar-refractivity contribution < 1.29 is 4.74 Å². The zero-order chi connectivity index (χ0) is 14.5. The van der Waals surface area contributed by atoms with E-state index in [1.807, 2.05) is 50.5 Å². The van der Waals surface area contributed by atoms with Gasteiger partial charge in [0.1, 0.15) is 11.5 Å². The van der Waals surface area contributed by atoms with Crippen LogP contribution in [0.1, 0.15) is 11.1 Å². The number of para-hydroxylation sites is 1. The minimum absolute atomic E-state index is 0.613. The van der Waals surface area contributed by atoms with Crippen LogP contribution in [0.4, 0.5) is 5.69 Å². The van der Waals surface area contributed by atoms with Gasteiger partial charge in [0, 0.05) is 12.1 Å². The lowest BCUT2D eigenvalue weighted by atomic mass is 10.1. The Bertz CT molecular complexity index is 606. The summed E-state index contributed by atoms with van der Waals surface area (Å²) in [7, 11) is 4.06. The van der Waals surface area contributed by atoms with Crippen LogP contribution in [0.15, 0.2) is 49.0 Å². The average molecular weight is 268 g/mol. The molecule has 0 radical (unpaired) electrons. The van der Waals surface area contributed by atoms with Gasteiger partial charge in [-0.3, -0.25) is 0 Å². The minimum atomic E-state index is 0.613. The van der Waals surface area contributed by atoms with E-state index in [0.29, 0.717) is 11.4 Å². The largest absolute Gasteiger partial charge is 0.455 e. The molecule has 0 aliphatic carbocycles. The molecule has 3 nitrogen and oxygen atoms in total. The first-order valence-corrected chi connectivity index (χ1v) is 6.52. The maximum absolute atomic E-state index is 6.01. The number of rotatable bonds is 5. The molecule has 2 aromatic carbocycles. The first-order valence-electron chi connectivity index (χ1n) is 6.52. The second-order valence-electron chi connectivity index (χ2n) is 4.95. The van der Waals surface area contributed by atoms with Gasteiger partial charge >= 0.3 is 0 Å². The summed E-state index contributed by atoms with van der Waals surface area (Å²) >= 11 is 0. The van der Waals surface area contributed by atoms with Gasteiger partial charge in [0.25, 0.3) is 0 Å². The number of hydrogen-bond acceptors (Lipinski definition) is 3. The van der Waals surface area contributed by atoms with Crippen LogP contribution >= 0.6 is 0 Å². The Labute approximate surface area is 120 Å². The van der Waals surface area contributed by atoms with Crippen LogP contribution in [-0.4, -0.2) is 19.0 Å². The van der Waals surface area contributed by atoms with Crippen LogP contribution in [-0.2, 0) is 6.54 Å². The topological polar surface area (TPSA) is 38.5 Å². The first-order chi connectivity index (χ1) is 9.60. The Hall–Kier alpha value is -2.26. The van der Waals surface area contributed by atoms with E-state index in [-0.39, 0.29) is 0 Å². The fraction of sp³-hybridized carbons (Fsp3) is 0.176. The predicted octanol–water partition coefficient (Wildman–Crippen LogP) is 3.77. The fourth-order valence-corrected chi connectivity index (χ4v) is 1.98. The predicted molar refractivity (Wildman–Crippen MR) is 84.9 cm³/mol. The Kier molecular flexibility index (Phi) is 4.43. The Morgan fingerprint density at radius 1 is 1.15 bits per heavy atom. The lowest BCUT2D eigenvalue weighted by Crippen LogP contribution is -2.11. The standard InChI is InChI=1S/C17H20N2O/c1-4-13-9-10-17(15(18)11-13)20-16-8-6-5-7-14(16)12-19(2)3/h4-11H,1,12,18H2,2-3H3. The number of anilines is 1. The second-order valence-corrected chi connectivity index (χ2v) is 4.95. The lowest BCUT2D eigenvalue weighted by Gasteiger charge is -2.15. The molecule has 2 aromatic rings. The number of nitrogens with two attached hydrogens (primary N) is 1. The van der Waals surface area contributed by atoms with E-state index in [2.05, 4.69) is 17.5 Å². The van der Waals surface area contributed by atoms with Gasteiger partial charge in [0.2, 0.25) is 0 Å². The maximum Gasteiger partial charge on any atom is 0.150 e. The smallest absolute Gasteiger partial charge is 0.150 e. The SMILES string of the molecule is C=Cc1ccc(Oc2ccccc2CN(C)C)c(N)c1. The van der Waals surface area contributed by atoms with Crippen molar-refractivity contribution in [3.8, 4) is 11.5 Å². The van der Waals surface area contributed by atoms with Gasteiger partial charge in [-0.25, -0.2) is 0 Å². The number of hydrogen-bond donors (Lipinski definition) is 1. The summed E-state index contributed by atoms with van der Waals surface area (Å²) < 4.78 is 5.95. The molecule has 0 atom stereocenters. The van der Waals surface area contributed by atoms with E-state index in [9.17, 15) is 0 Å². The van der Waals surface area contributed by atoms with Crippen molar-refractivity contribution in [1.82, 2.24) is 4.90 Å².